The molecule has 0 aliphatic rings. The number of halogens is 2. The van der Waals surface area contributed by atoms with Gasteiger partial charge in [0.25, 0.3) is 0 Å². The van der Waals surface area contributed by atoms with Gasteiger partial charge in [0, 0.05) is 17.5 Å². The average Bonchev–Trinajstić information content (AvgIpc) is 2.57. The van der Waals surface area contributed by atoms with Gasteiger partial charge in [-0.05, 0) is 30.6 Å². The highest BCUT2D eigenvalue weighted by Crippen LogP contribution is 2.31. The van der Waals surface area contributed by atoms with Crippen LogP contribution in [0.5, 0.6) is 5.75 Å². The van der Waals surface area contributed by atoms with Crippen LogP contribution in [-0.4, -0.2) is 24.0 Å². The van der Waals surface area contributed by atoms with Crippen molar-refractivity contribution in [2.24, 2.45) is 5.10 Å². The number of nitrogens with zero attached hydrogens (tertiary/aromatic N) is 1. The zero-order valence-electron chi connectivity index (χ0n) is 13.1. The van der Waals surface area contributed by atoms with E-state index in [4.69, 9.17) is 17.0 Å². The summed E-state index contributed by atoms with van der Waals surface area (Å²) in [6.45, 7) is 2.83. The summed E-state index contributed by atoms with van der Waals surface area (Å²) in [5, 5.41) is 8.70. The molecule has 0 spiro atoms. The lowest BCUT2D eigenvalue weighted by Gasteiger charge is -2.14. The summed E-state index contributed by atoms with van der Waals surface area (Å²) in [6.07, 6.45) is 1.66. The van der Waals surface area contributed by atoms with Crippen LogP contribution in [0.3, 0.4) is 0 Å². The minimum absolute atomic E-state index is 0.0936. The molecule has 0 amide bonds. The number of ether oxygens (including phenoxy) is 1. The second-order valence-electron chi connectivity index (χ2n) is 4.85. The third kappa shape index (κ3) is 4.48. The van der Waals surface area contributed by atoms with Gasteiger partial charge in [-0.25, -0.2) is 0 Å². The molecule has 0 saturated heterocycles. The van der Waals surface area contributed by atoms with E-state index in [0.717, 1.165) is 5.39 Å². The second kappa shape index (κ2) is 8.35. The van der Waals surface area contributed by atoms with Crippen LogP contribution < -0.4 is 15.5 Å². The van der Waals surface area contributed by atoms with Crippen LogP contribution in [0.15, 0.2) is 54.2 Å². The van der Waals surface area contributed by atoms with E-state index in [-0.39, 0.29) is 5.75 Å². The Morgan fingerprint density at radius 3 is 2.79 bits per heavy atom. The quantitative estimate of drug-likeness (QED) is 0.360. The SMILES string of the molecule is C=CCNC(=S)NN=C(C)c1ccc2ccccc2c1OC(F)F. The van der Waals surface area contributed by atoms with E-state index in [1.165, 1.54) is 0 Å². The maximum Gasteiger partial charge on any atom is 0.387 e. The smallest absolute Gasteiger partial charge is 0.387 e. The number of alkyl halides is 2. The lowest BCUT2D eigenvalue weighted by Crippen LogP contribution is -2.32. The molecule has 0 aliphatic heterocycles. The highest BCUT2D eigenvalue weighted by Gasteiger charge is 2.15. The van der Waals surface area contributed by atoms with Crippen LogP contribution in [-0.2, 0) is 0 Å². The Bertz CT molecular complexity index is 778. The molecule has 4 nitrogen and oxygen atoms in total. The van der Waals surface area contributed by atoms with Crippen LogP contribution in [0, 0.1) is 0 Å². The molecule has 0 aromatic heterocycles. The van der Waals surface area contributed by atoms with Gasteiger partial charge >= 0.3 is 6.61 Å². The summed E-state index contributed by atoms with van der Waals surface area (Å²) in [7, 11) is 0. The molecule has 2 aromatic rings. The summed E-state index contributed by atoms with van der Waals surface area (Å²) < 4.78 is 30.4. The Labute approximate surface area is 144 Å². The molecule has 126 valence electrons. The topological polar surface area (TPSA) is 45.7 Å². The number of hydrogen-bond donors (Lipinski definition) is 2. The third-order valence-electron chi connectivity index (χ3n) is 3.21. The van der Waals surface area contributed by atoms with E-state index < -0.39 is 6.61 Å². The molecule has 0 bridgehead atoms. The van der Waals surface area contributed by atoms with Crippen molar-refractivity contribution in [3.63, 3.8) is 0 Å². The summed E-state index contributed by atoms with van der Waals surface area (Å²) in [5.41, 5.74) is 3.60. The second-order valence-corrected chi connectivity index (χ2v) is 5.26. The summed E-state index contributed by atoms with van der Waals surface area (Å²) in [4.78, 5) is 0. The van der Waals surface area contributed by atoms with E-state index >= 15 is 0 Å². The number of hydrazone groups is 1. The number of benzene rings is 2. The molecular formula is C17H17F2N3OS. The van der Waals surface area contributed by atoms with Gasteiger partial charge in [-0.3, -0.25) is 5.43 Å². The van der Waals surface area contributed by atoms with Gasteiger partial charge in [0.05, 0.1) is 5.71 Å². The summed E-state index contributed by atoms with van der Waals surface area (Å²) in [5.74, 6) is 0.0936. The Morgan fingerprint density at radius 2 is 2.08 bits per heavy atom. The zero-order valence-corrected chi connectivity index (χ0v) is 13.9. The number of nitrogens with one attached hydrogen (secondary N) is 2. The van der Waals surface area contributed by atoms with Crippen LogP contribution in [0.4, 0.5) is 8.78 Å². The molecule has 0 heterocycles. The molecule has 24 heavy (non-hydrogen) atoms. The molecule has 7 heteroatoms. The minimum Gasteiger partial charge on any atom is -0.433 e. The maximum atomic E-state index is 12.8. The van der Waals surface area contributed by atoms with Gasteiger partial charge in [0.1, 0.15) is 5.75 Å². The Kier molecular flexibility index (Phi) is 6.20. The van der Waals surface area contributed by atoms with E-state index in [0.29, 0.717) is 28.3 Å². The van der Waals surface area contributed by atoms with Crippen molar-refractivity contribution in [1.82, 2.24) is 10.7 Å². The number of rotatable bonds is 6. The maximum absolute atomic E-state index is 12.8. The predicted molar refractivity (Wildman–Crippen MR) is 96.7 cm³/mol. The molecule has 0 unspecified atom stereocenters. The molecule has 2 N–H and O–H groups in total. The fraction of sp³-hybridized carbons (Fsp3) is 0.176. The highest BCUT2D eigenvalue weighted by atomic mass is 32.1. The summed E-state index contributed by atoms with van der Waals surface area (Å²) >= 11 is 5.04. The van der Waals surface area contributed by atoms with Crippen molar-refractivity contribution in [3.8, 4) is 5.75 Å². The first-order valence-electron chi connectivity index (χ1n) is 7.19. The van der Waals surface area contributed by atoms with Crippen molar-refractivity contribution >= 4 is 33.8 Å². The van der Waals surface area contributed by atoms with Gasteiger partial charge in [0.2, 0.25) is 0 Å². The van der Waals surface area contributed by atoms with Gasteiger partial charge in [-0.15, -0.1) is 6.58 Å². The largest absolute Gasteiger partial charge is 0.433 e. The lowest BCUT2D eigenvalue weighted by molar-refractivity contribution is -0.0489. The van der Waals surface area contributed by atoms with Gasteiger partial charge in [-0.2, -0.15) is 13.9 Å². The first kappa shape index (κ1) is 17.8. The third-order valence-corrected chi connectivity index (χ3v) is 3.44. The van der Waals surface area contributed by atoms with Crippen LogP contribution >= 0.6 is 12.2 Å². The predicted octanol–water partition coefficient (Wildman–Crippen LogP) is 3.82. The first-order valence-corrected chi connectivity index (χ1v) is 7.59. The van der Waals surface area contributed by atoms with Crippen molar-refractivity contribution < 1.29 is 13.5 Å². The molecule has 2 rings (SSSR count). The standard InChI is InChI=1S/C17H17F2N3OS/c1-3-10-20-17(24)22-21-11(2)13-9-8-12-6-4-5-7-14(12)15(13)23-16(18)19/h3-9,16H,1,10H2,2H3,(H2,20,22,24). The molecule has 0 saturated carbocycles. The number of thiocarbonyl (C=S) groups is 1. The van der Waals surface area contributed by atoms with Gasteiger partial charge in [-0.1, -0.05) is 36.4 Å². The minimum atomic E-state index is -2.93. The Balaban J connectivity index is 2.35. The lowest BCUT2D eigenvalue weighted by atomic mass is 10.0. The van der Waals surface area contributed by atoms with E-state index in [1.807, 2.05) is 18.2 Å². The zero-order chi connectivity index (χ0) is 17.5. The summed E-state index contributed by atoms with van der Waals surface area (Å²) in [6, 6.07) is 10.7. The van der Waals surface area contributed by atoms with E-state index in [2.05, 4.69) is 22.4 Å². The fourth-order valence-corrected chi connectivity index (χ4v) is 2.27. The highest BCUT2D eigenvalue weighted by molar-refractivity contribution is 7.80. The van der Waals surface area contributed by atoms with Crippen molar-refractivity contribution in [2.45, 2.75) is 13.5 Å². The van der Waals surface area contributed by atoms with Gasteiger partial charge < -0.3 is 10.1 Å². The normalized spacial score (nSPS) is 11.4. The van der Waals surface area contributed by atoms with Crippen LogP contribution in [0.1, 0.15) is 12.5 Å². The van der Waals surface area contributed by atoms with Crippen LogP contribution in [0.2, 0.25) is 0 Å². The van der Waals surface area contributed by atoms with E-state index in [1.54, 1.807) is 31.2 Å². The monoisotopic (exact) mass is 349 g/mol. The Morgan fingerprint density at radius 1 is 1.33 bits per heavy atom. The van der Waals surface area contributed by atoms with Crippen molar-refractivity contribution in [3.05, 3.63) is 54.6 Å². The molecule has 2 aromatic carbocycles. The molecule has 0 aliphatic carbocycles. The Hall–Kier alpha value is -2.54. The number of hydrogen-bond acceptors (Lipinski definition) is 3. The van der Waals surface area contributed by atoms with Gasteiger partial charge in [0.15, 0.2) is 5.11 Å². The molecule has 0 fully saturated rings. The molecular weight excluding hydrogens is 332 g/mol. The van der Waals surface area contributed by atoms with Crippen LogP contribution in [0.25, 0.3) is 10.8 Å². The average molecular weight is 349 g/mol. The molecule has 0 atom stereocenters. The first-order chi connectivity index (χ1) is 11.5. The number of fused-ring (bicyclic) bond motifs is 1. The van der Waals surface area contributed by atoms with Crippen molar-refractivity contribution in [2.75, 3.05) is 6.54 Å². The van der Waals surface area contributed by atoms with Crippen molar-refractivity contribution in [1.29, 1.82) is 0 Å². The fourth-order valence-electron chi connectivity index (χ4n) is 2.14. The van der Waals surface area contributed by atoms with E-state index in [9.17, 15) is 8.78 Å². The molecule has 0 radical (unpaired) electrons.